The van der Waals surface area contributed by atoms with Crippen molar-refractivity contribution in [1.82, 2.24) is 4.90 Å². The molecule has 3 nitrogen and oxygen atoms in total. The van der Waals surface area contributed by atoms with E-state index in [0.717, 1.165) is 24.9 Å². The van der Waals surface area contributed by atoms with E-state index in [1.54, 1.807) is 0 Å². The summed E-state index contributed by atoms with van der Waals surface area (Å²) in [5.74, 6) is 1.30. The van der Waals surface area contributed by atoms with E-state index >= 15 is 0 Å². The first-order valence-corrected chi connectivity index (χ1v) is 6.57. The zero-order chi connectivity index (χ0) is 11.8. The molecule has 0 atom stereocenters. The fraction of sp³-hybridized carbons (Fsp3) is 0.923. The van der Waals surface area contributed by atoms with Crippen molar-refractivity contribution in [1.29, 1.82) is 5.41 Å². The van der Waals surface area contributed by atoms with Crippen molar-refractivity contribution in [2.24, 2.45) is 17.1 Å². The van der Waals surface area contributed by atoms with Crippen LogP contribution in [0.2, 0.25) is 0 Å². The summed E-state index contributed by atoms with van der Waals surface area (Å²) in [6.07, 6.45) is 6.64. The number of nitrogens with one attached hydrogen (secondary N) is 1. The Morgan fingerprint density at radius 2 is 1.94 bits per heavy atom. The van der Waals surface area contributed by atoms with Gasteiger partial charge >= 0.3 is 0 Å². The zero-order valence-corrected chi connectivity index (χ0v) is 10.6. The van der Waals surface area contributed by atoms with Gasteiger partial charge in [0.1, 0.15) is 0 Å². The quantitative estimate of drug-likeness (QED) is 0.513. The largest absolute Gasteiger partial charge is 0.387 e. The van der Waals surface area contributed by atoms with Gasteiger partial charge in [-0.15, -0.1) is 0 Å². The van der Waals surface area contributed by atoms with Crippen molar-refractivity contribution in [2.75, 3.05) is 13.1 Å². The van der Waals surface area contributed by atoms with Crippen molar-refractivity contribution < 1.29 is 0 Å². The van der Waals surface area contributed by atoms with Crippen molar-refractivity contribution in [3.05, 3.63) is 0 Å². The Morgan fingerprint density at radius 1 is 1.31 bits per heavy atom. The highest BCUT2D eigenvalue weighted by molar-refractivity contribution is 5.82. The molecular weight excluding hydrogens is 198 g/mol. The van der Waals surface area contributed by atoms with E-state index in [1.165, 1.54) is 32.2 Å². The third-order valence-electron chi connectivity index (χ3n) is 4.01. The van der Waals surface area contributed by atoms with Gasteiger partial charge in [-0.2, -0.15) is 0 Å². The molecule has 0 unspecified atom stereocenters. The molecule has 0 aromatic rings. The normalized spacial score (nSPS) is 21.4. The fourth-order valence-corrected chi connectivity index (χ4v) is 2.05. The number of rotatable bonds is 7. The summed E-state index contributed by atoms with van der Waals surface area (Å²) in [4.78, 5) is 2.64. The summed E-state index contributed by atoms with van der Waals surface area (Å²) in [6, 6.07) is 0.850. The van der Waals surface area contributed by atoms with Gasteiger partial charge in [0.15, 0.2) is 0 Å². The summed E-state index contributed by atoms with van der Waals surface area (Å²) in [5, 5.41) is 7.58. The van der Waals surface area contributed by atoms with Gasteiger partial charge in [0.25, 0.3) is 0 Å². The predicted molar refractivity (Wildman–Crippen MR) is 67.6 cm³/mol. The van der Waals surface area contributed by atoms with Crippen LogP contribution in [0.4, 0.5) is 0 Å². The van der Waals surface area contributed by atoms with E-state index in [9.17, 15) is 0 Å². The number of hydrogen-bond acceptors (Lipinski definition) is 2. The summed E-state index contributed by atoms with van der Waals surface area (Å²) in [6.45, 7) is 6.57. The topological polar surface area (TPSA) is 53.1 Å². The highest BCUT2D eigenvalue weighted by Gasteiger charge is 2.34. The van der Waals surface area contributed by atoms with Gasteiger partial charge in [-0.1, -0.05) is 13.8 Å². The average Bonchev–Trinajstić information content (AvgIpc) is 3.02. The lowest BCUT2D eigenvalue weighted by Gasteiger charge is -2.28. The molecule has 0 aliphatic heterocycles. The van der Waals surface area contributed by atoms with Crippen LogP contribution in [-0.4, -0.2) is 29.9 Å². The van der Waals surface area contributed by atoms with Crippen molar-refractivity contribution in [2.45, 2.75) is 52.0 Å². The van der Waals surface area contributed by atoms with Gasteiger partial charge in [-0.3, -0.25) is 5.41 Å². The van der Waals surface area contributed by atoms with Gasteiger partial charge in [0.05, 0.1) is 5.84 Å². The molecule has 0 aromatic carbocycles. The van der Waals surface area contributed by atoms with Crippen LogP contribution in [0.5, 0.6) is 0 Å². The SMILES string of the molecule is CC(C)(CCN(CC1CC1)C1CC1)C(=N)N. The van der Waals surface area contributed by atoms with E-state index in [2.05, 4.69) is 18.7 Å². The third-order valence-corrected chi connectivity index (χ3v) is 4.01. The Bertz CT molecular complexity index is 264. The molecule has 2 fully saturated rings. The minimum atomic E-state index is -0.128. The van der Waals surface area contributed by atoms with Crippen LogP contribution in [0.25, 0.3) is 0 Å². The molecule has 2 saturated carbocycles. The minimum absolute atomic E-state index is 0.128. The van der Waals surface area contributed by atoms with E-state index in [0.29, 0.717) is 5.84 Å². The van der Waals surface area contributed by atoms with E-state index < -0.39 is 0 Å². The lowest BCUT2D eigenvalue weighted by atomic mass is 9.88. The van der Waals surface area contributed by atoms with Gasteiger partial charge in [-0.05, 0) is 44.6 Å². The van der Waals surface area contributed by atoms with Crippen LogP contribution in [0, 0.1) is 16.7 Å². The Morgan fingerprint density at radius 3 is 2.38 bits per heavy atom. The summed E-state index contributed by atoms with van der Waals surface area (Å²) < 4.78 is 0. The molecule has 2 aliphatic rings. The van der Waals surface area contributed by atoms with E-state index in [4.69, 9.17) is 11.1 Å². The maximum atomic E-state index is 7.58. The molecule has 0 aromatic heterocycles. The van der Waals surface area contributed by atoms with Crippen LogP contribution in [0.1, 0.15) is 46.0 Å². The second-order valence-electron chi connectivity index (χ2n) is 6.22. The van der Waals surface area contributed by atoms with Crippen molar-refractivity contribution >= 4 is 5.84 Å². The maximum Gasteiger partial charge on any atom is 0.0963 e. The van der Waals surface area contributed by atoms with Crippen LogP contribution in [0.3, 0.4) is 0 Å². The van der Waals surface area contributed by atoms with Crippen LogP contribution in [-0.2, 0) is 0 Å². The first kappa shape index (κ1) is 11.9. The fourth-order valence-electron chi connectivity index (χ4n) is 2.05. The van der Waals surface area contributed by atoms with Crippen molar-refractivity contribution in [3.8, 4) is 0 Å². The third kappa shape index (κ3) is 3.21. The smallest absolute Gasteiger partial charge is 0.0963 e. The molecule has 0 saturated heterocycles. The monoisotopic (exact) mass is 223 g/mol. The van der Waals surface area contributed by atoms with Gasteiger partial charge in [0.2, 0.25) is 0 Å². The second-order valence-corrected chi connectivity index (χ2v) is 6.22. The van der Waals surface area contributed by atoms with Crippen LogP contribution < -0.4 is 5.73 Å². The highest BCUT2D eigenvalue weighted by Crippen LogP contribution is 2.35. The highest BCUT2D eigenvalue weighted by atomic mass is 15.2. The van der Waals surface area contributed by atoms with Crippen molar-refractivity contribution in [3.63, 3.8) is 0 Å². The number of nitrogens with two attached hydrogens (primary N) is 1. The molecule has 16 heavy (non-hydrogen) atoms. The predicted octanol–water partition coefficient (Wildman–Crippen LogP) is 2.21. The lowest BCUT2D eigenvalue weighted by Crippen LogP contribution is -2.37. The molecule has 0 heterocycles. The molecule has 0 radical (unpaired) electrons. The Kier molecular flexibility index (Phi) is 3.24. The van der Waals surface area contributed by atoms with E-state index in [-0.39, 0.29) is 5.41 Å². The van der Waals surface area contributed by atoms with Gasteiger partial charge in [-0.25, -0.2) is 0 Å². The van der Waals surface area contributed by atoms with Crippen LogP contribution in [0.15, 0.2) is 0 Å². The molecule has 0 spiro atoms. The molecule has 0 bridgehead atoms. The van der Waals surface area contributed by atoms with Gasteiger partial charge < -0.3 is 10.6 Å². The summed E-state index contributed by atoms with van der Waals surface area (Å²) >= 11 is 0. The van der Waals surface area contributed by atoms with E-state index in [1.807, 2.05) is 0 Å². The molecule has 92 valence electrons. The second kappa shape index (κ2) is 4.36. The molecule has 2 rings (SSSR count). The first-order valence-electron chi connectivity index (χ1n) is 6.57. The Balaban J connectivity index is 1.78. The molecular formula is C13H25N3. The number of hydrogen-bond donors (Lipinski definition) is 2. The molecule has 0 amide bonds. The standard InChI is InChI=1S/C13H25N3/c1-13(2,12(14)15)7-8-16(11-5-6-11)9-10-3-4-10/h10-11H,3-9H2,1-2H3,(H3,14,15). The number of nitrogens with zero attached hydrogens (tertiary/aromatic N) is 1. The average molecular weight is 223 g/mol. The lowest BCUT2D eigenvalue weighted by molar-refractivity contribution is 0.227. The molecule has 2 aliphatic carbocycles. The Labute approximate surface area is 98.9 Å². The number of amidine groups is 1. The van der Waals surface area contributed by atoms with Gasteiger partial charge in [0, 0.05) is 18.0 Å². The minimum Gasteiger partial charge on any atom is -0.387 e. The molecule has 3 N–H and O–H groups in total. The summed E-state index contributed by atoms with van der Waals surface area (Å²) in [7, 11) is 0. The summed E-state index contributed by atoms with van der Waals surface area (Å²) in [5.41, 5.74) is 5.50. The molecule has 3 heteroatoms. The maximum absolute atomic E-state index is 7.58. The Hall–Kier alpha value is -0.570. The zero-order valence-electron chi connectivity index (χ0n) is 10.6. The first-order chi connectivity index (χ1) is 7.49. The van der Waals surface area contributed by atoms with Crippen LogP contribution >= 0.6 is 0 Å².